The van der Waals surface area contributed by atoms with Crippen LogP contribution in [-0.4, -0.2) is 41.9 Å². The standard InChI is InChI=1S/C27H36FN5O2/c1-18(2)8-7-12-29-30-16-21-9-6-10-24(31-21)32-25(34)22-14-20-17-33(26(35)27(3,4)5)13-11-19(20)15-23(22)28/h6,9-10,12,14-16,18,24,31H,7-8,11,13,17H2,1-5H3,(H,32,34)/b29-12+,30-16+. The fourth-order valence-electron chi connectivity index (χ4n) is 3.94. The summed E-state index contributed by atoms with van der Waals surface area (Å²) < 4.78 is 14.8. The molecule has 0 saturated heterocycles. The minimum Gasteiger partial charge on any atom is -0.361 e. The molecule has 2 aliphatic rings. The van der Waals surface area contributed by atoms with Crippen molar-refractivity contribution in [3.63, 3.8) is 0 Å². The third kappa shape index (κ3) is 7.34. The second kappa shape index (κ2) is 11.4. The van der Waals surface area contributed by atoms with Gasteiger partial charge in [0, 0.05) is 24.7 Å². The van der Waals surface area contributed by atoms with Crippen molar-refractivity contribution in [2.45, 2.75) is 66.6 Å². The summed E-state index contributed by atoms with van der Waals surface area (Å²) in [7, 11) is 0. The Balaban J connectivity index is 1.62. The van der Waals surface area contributed by atoms with Gasteiger partial charge in [0.05, 0.1) is 17.5 Å². The third-order valence-corrected chi connectivity index (χ3v) is 5.88. The molecule has 2 heterocycles. The maximum Gasteiger partial charge on any atom is 0.256 e. The normalized spacial score (nSPS) is 18.1. The number of amides is 2. The van der Waals surface area contributed by atoms with Gasteiger partial charge in [0.25, 0.3) is 5.91 Å². The van der Waals surface area contributed by atoms with Crippen molar-refractivity contribution in [2.24, 2.45) is 21.5 Å². The van der Waals surface area contributed by atoms with Gasteiger partial charge in [-0.25, -0.2) is 4.39 Å². The number of carbonyl (C=O) groups is 2. The van der Waals surface area contributed by atoms with Crippen LogP contribution in [0, 0.1) is 17.2 Å². The van der Waals surface area contributed by atoms with Gasteiger partial charge >= 0.3 is 0 Å². The molecule has 2 N–H and O–H groups in total. The van der Waals surface area contributed by atoms with Gasteiger partial charge in [-0.1, -0.05) is 40.7 Å². The van der Waals surface area contributed by atoms with E-state index >= 15 is 0 Å². The molecule has 3 rings (SSSR count). The number of allylic oxidation sites excluding steroid dienone is 3. The Bertz CT molecular complexity index is 1070. The highest BCUT2D eigenvalue weighted by molar-refractivity contribution is 5.95. The summed E-state index contributed by atoms with van der Waals surface area (Å²) in [4.78, 5) is 27.4. The first-order chi connectivity index (χ1) is 16.5. The van der Waals surface area contributed by atoms with Crippen LogP contribution in [0.15, 0.2) is 46.3 Å². The van der Waals surface area contributed by atoms with Crippen molar-refractivity contribution in [1.82, 2.24) is 15.5 Å². The summed E-state index contributed by atoms with van der Waals surface area (Å²) >= 11 is 0. The molecule has 0 radical (unpaired) electrons. The summed E-state index contributed by atoms with van der Waals surface area (Å²) in [5.41, 5.74) is 1.79. The molecule has 8 heteroatoms. The highest BCUT2D eigenvalue weighted by Gasteiger charge is 2.30. The number of nitrogens with zero attached hydrogens (tertiary/aromatic N) is 3. The predicted octanol–water partition coefficient (Wildman–Crippen LogP) is 4.35. The zero-order valence-corrected chi connectivity index (χ0v) is 21.3. The van der Waals surface area contributed by atoms with E-state index in [0.717, 1.165) is 24.0 Å². The fourth-order valence-corrected chi connectivity index (χ4v) is 3.94. The quantitative estimate of drug-likeness (QED) is 0.449. The van der Waals surface area contributed by atoms with Crippen molar-refractivity contribution >= 4 is 24.2 Å². The second-order valence-corrected chi connectivity index (χ2v) is 10.4. The van der Waals surface area contributed by atoms with Crippen molar-refractivity contribution < 1.29 is 14.0 Å². The Kier molecular flexibility index (Phi) is 8.59. The lowest BCUT2D eigenvalue weighted by molar-refractivity contribution is -0.140. The van der Waals surface area contributed by atoms with Gasteiger partial charge in [-0.2, -0.15) is 10.2 Å². The predicted molar refractivity (Wildman–Crippen MR) is 138 cm³/mol. The molecule has 1 aromatic carbocycles. The van der Waals surface area contributed by atoms with E-state index in [-0.39, 0.29) is 11.5 Å². The van der Waals surface area contributed by atoms with Crippen LogP contribution >= 0.6 is 0 Å². The van der Waals surface area contributed by atoms with E-state index in [1.54, 1.807) is 35.5 Å². The monoisotopic (exact) mass is 481 g/mol. The number of halogens is 1. The molecular formula is C27H36FN5O2. The van der Waals surface area contributed by atoms with Crippen LogP contribution in [-0.2, 0) is 17.8 Å². The lowest BCUT2D eigenvalue weighted by Gasteiger charge is -2.34. The van der Waals surface area contributed by atoms with Gasteiger partial charge in [0.2, 0.25) is 5.91 Å². The zero-order chi connectivity index (χ0) is 25.6. The van der Waals surface area contributed by atoms with Gasteiger partial charge in [-0.15, -0.1) is 0 Å². The van der Waals surface area contributed by atoms with Crippen molar-refractivity contribution in [1.29, 1.82) is 0 Å². The minimum absolute atomic E-state index is 0.0384. The zero-order valence-electron chi connectivity index (χ0n) is 21.3. The average Bonchev–Trinajstić information content (AvgIpc) is 2.79. The van der Waals surface area contributed by atoms with E-state index in [1.807, 2.05) is 26.8 Å². The van der Waals surface area contributed by atoms with Gasteiger partial charge < -0.3 is 15.5 Å². The van der Waals surface area contributed by atoms with E-state index in [2.05, 4.69) is 34.7 Å². The second-order valence-electron chi connectivity index (χ2n) is 10.4. The van der Waals surface area contributed by atoms with Crippen molar-refractivity contribution in [3.8, 4) is 0 Å². The highest BCUT2D eigenvalue weighted by atomic mass is 19.1. The lowest BCUT2D eigenvalue weighted by atomic mass is 9.91. The first kappa shape index (κ1) is 26.3. The number of rotatable bonds is 7. The molecule has 0 aromatic heterocycles. The van der Waals surface area contributed by atoms with Crippen LogP contribution < -0.4 is 10.6 Å². The smallest absolute Gasteiger partial charge is 0.256 e. The molecule has 188 valence electrons. The van der Waals surface area contributed by atoms with Crippen LogP contribution in [0.4, 0.5) is 4.39 Å². The number of benzene rings is 1. The average molecular weight is 482 g/mol. The number of carbonyl (C=O) groups excluding carboxylic acids is 2. The van der Waals surface area contributed by atoms with E-state index in [0.29, 0.717) is 31.1 Å². The first-order valence-electron chi connectivity index (χ1n) is 12.2. The number of dihydropyridines is 1. The molecule has 0 bridgehead atoms. The maximum absolute atomic E-state index is 14.8. The van der Waals surface area contributed by atoms with Crippen molar-refractivity contribution in [2.75, 3.05) is 6.54 Å². The Morgan fingerprint density at radius 2 is 2.03 bits per heavy atom. The summed E-state index contributed by atoms with van der Waals surface area (Å²) in [6.07, 6.45) is 10.7. The van der Waals surface area contributed by atoms with Gasteiger partial charge in [0.15, 0.2) is 0 Å². The van der Waals surface area contributed by atoms with Gasteiger partial charge in [0.1, 0.15) is 12.0 Å². The number of nitrogens with one attached hydrogen (secondary N) is 2. The van der Waals surface area contributed by atoms with E-state index in [9.17, 15) is 14.0 Å². The topological polar surface area (TPSA) is 86.2 Å². The summed E-state index contributed by atoms with van der Waals surface area (Å²) in [6, 6.07) is 2.99. The van der Waals surface area contributed by atoms with Crippen molar-refractivity contribution in [3.05, 3.63) is 58.6 Å². The van der Waals surface area contributed by atoms with Crippen LogP contribution in [0.1, 0.15) is 68.9 Å². The number of hydrogen-bond donors (Lipinski definition) is 2. The Hall–Kier alpha value is -3.29. The largest absolute Gasteiger partial charge is 0.361 e. The number of fused-ring (bicyclic) bond motifs is 1. The van der Waals surface area contributed by atoms with Crippen LogP contribution in [0.2, 0.25) is 0 Å². The van der Waals surface area contributed by atoms with E-state index in [4.69, 9.17) is 0 Å². The molecule has 0 saturated carbocycles. The van der Waals surface area contributed by atoms with Gasteiger partial charge in [-0.05, 0) is 60.6 Å². The molecule has 35 heavy (non-hydrogen) atoms. The van der Waals surface area contributed by atoms with Crippen LogP contribution in [0.5, 0.6) is 0 Å². The Morgan fingerprint density at radius 1 is 1.26 bits per heavy atom. The molecule has 2 aliphatic heterocycles. The van der Waals surface area contributed by atoms with Crippen LogP contribution in [0.3, 0.4) is 0 Å². The molecule has 0 aliphatic carbocycles. The molecule has 1 unspecified atom stereocenters. The Labute approximate surface area is 207 Å². The maximum atomic E-state index is 14.8. The molecule has 0 spiro atoms. The minimum atomic E-state index is -0.565. The van der Waals surface area contributed by atoms with E-state index in [1.165, 1.54) is 6.07 Å². The lowest BCUT2D eigenvalue weighted by Crippen LogP contribution is -2.45. The molecular weight excluding hydrogens is 445 g/mol. The molecule has 1 atom stereocenters. The van der Waals surface area contributed by atoms with Crippen LogP contribution in [0.25, 0.3) is 0 Å². The molecule has 2 amide bonds. The highest BCUT2D eigenvalue weighted by Crippen LogP contribution is 2.26. The first-order valence-corrected chi connectivity index (χ1v) is 12.2. The SMILES string of the molecule is CC(C)CC/C=N/N=C/C1=CC=CC(NC(=O)c2cc3c(cc2F)CCN(C(=O)C(C)(C)C)C3)N1. The molecule has 1 aromatic rings. The van der Waals surface area contributed by atoms with E-state index < -0.39 is 23.3 Å². The van der Waals surface area contributed by atoms with Gasteiger partial charge in [-0.3, -0.25) is 9.59 Å². The molecule has 0 fully saturated rings. The summed E-state index contributed by atoms with van der Waals surface area (Å²) in [6.45, 7) is 10.9. The Morgan fingerprint density at radius 3 is 2.74 bits per heavy atom. The molecule has 7 nitrogen and oxygen atoms in total. The third-order valence-electron chi connectivity index (χ3n) is 5.88. The summed E-state index contributed by atoms with van der Waals surface area (Å²) in [5, 5.41) is 14.0. The number of hydrogen-bond acceptors (Lipinski definition) is 5. The summed E-state index contributed by atoms with van der Waals surface area (Å²) in [5.74, 6) is -0.436. The fraction of sp³-hybridized carbons (Fsp3) is 0.481.